The summed E-state index contributed by atoms with van der Waals surface area (Å²) in [5.74, 6) is -0.000839. The smallest absolute Gasteiger partial charge is 0.335 e. The lowest BCUT2D eigenvalue weighted by Gasteiger charge is -2.26. The Morgan fingerprint density at radius 2 is 1.39 bits per heavy atom. The summed E-state index contributed by atoms with van der Waals surface area (Å²) in [6.45, 7) is 2.66. The fraction of sp³-hybridized carbons (Fsp3) is 0.115. The quantitative estimate of drug-likeness (QED) is 0.338. The van der Waals surface area contributed by atoms with Crippen molar-refractivity contribution in [3.8, 4) is 11.5 Å². The summed E-state index contributed by atoms with van der Waals surface area (Å²) in [6.07, 6.45) is 1.45. The maximum atomic E-state index is 12.9. The molecule has 1 N–H and O–H groups in total. The van der Waals surface area contributed by atoms with Crippen molar-refractivity contribution in [3.05, 3.63) is 95.6 Å². The van der Waals surface area contributed by atoms with Crippen molar-refractivity contribution >= 4 is 29.6 Å². The van der Waals surface area contributed by atoms with Crippen molar-refractivity contribution in [1.29, 1.82) is 0 Å². The minimum absolute atomic E-state index is 0.125. The van der Waals surface area contributed by atoms with Crippen molar-refractivity contribution in [2.75, 3.05) is 18.1 Å². The first-order chi connectivity index (χ1) is 16.0. The zero-order valence-corrected chi connectivity index (χ0v) is 18.0. The molecule has 1 aliphatic rings. The molecule has 7 heteroatoms. The maximum Gasteiger partial charge on any atom is 0.335 e. The van der Waals surface area contributed by atoms with Gasteiger partial charge in [-0.15, -0.1) is 0 Å². The van der Waals surface area contributed by atoms with Crippen LogP contribution >= 0.6 is 0 Å². The Hall–Kier alpha value is -4.39. The van der Waals surface area contributed by atoms with Gasteiger partial charge in [-0.05, 0) is 55.0 Å². The molecule has 0 radical (unpaired) electrons. The maximum absolute atomic E-state index is 12.9. The second kappa shape index (κ2) is 9.82. The molecule has 0 spiro atoms. The summed E-state index contributed by atoms with van der Waals surface area (Å²) < 4.78 is 11.3. The van der Waals surface area contributed by atoms with Gasteiger partial charge in [-0.25, -0.2) is 9.69 Å². The van der Waals surface area contributed by atoms with Crippen LogP contribution in [0, 0.1) is 6.92 Å². The number of hydrogen-bond donors (Lipinski definition) is 1. The van der Waals surface area contributed by atoms with Crippen LogP contribution in [0.4, 0.5) is 10.5 Å². The summed E-state index contributed by atoms with van der Waals surface area (Å²) in [7, 11) is 0. The predicted molar refractivity (Wildman–Crippen MR) is 124 cm³/mol. The van der Waals surface area contributed by atoms with E-state index in [1.807, 2.05) is 37.3 Å². The molecule has 1 heterocycles. The second-order valence-electron chi connectivity index (χ2n) is 7.37. The summed E-state index contributed by atoms with van der Waals surface area (Å²) in [6, 6.07) is 22.5. The summed E-state index contributed by atoms with van der Waals surface area (Å²) >= 11 is 0. The number of carbonyl (C=O) groups is 3. The van der Waals surface area contributed by atoms with Crippen LogP contribution in [0.25, 0.3) is 6.08 Å². The minimum Gasteiger partial charge on any atom is -0.490 e. The lowest BCUT2D eigenvalue weighted by atomic mass is 10.1. The van der Waals surface area contributed by atoms with Crippen molar-refractivity contribution < 1.29 is 23.9 Å². The van der Waals surface area contributed by atoms with Crippen LogP contribution in [-0.4, -0.2) is 31.1 Å². The predicted octanol–water partition coefficient (Wildman–Crippen LogP) is 4.12. The van der Waals surface area contributed by atoms with Gasteiger partial charge in [0.05, 0.1) is 5.69 Å². The first-order valence-electron chi connectivity index (χ1n) is 10.4. The number of barbiturate groups is 1. The lowest BCUT2D eigenvalue weighted by Crippen LogP contribution is -2.54. The number of anilines is 1. The third kappa shape index (κ3) is 5.27. The number of hydrogen-bond acceptors (Lipinski definition) is 5. The van der Waals surface area contributed by atoms with E-state index >= 15 is 0 Å². The highest BCUT2D eigenvalue weighted by molar-refractivity contribution is 6.39. The molecule has 1 saturated heterocycles. The third-order valence-electron chi connectivity index (χ3n) is 4.95. The van der Waals surface area contributed by atoms with E-state index in [4.69, 9.17) is 9.47 Å². The van der Waals surface area contributed by atoms with E-state index in [2.05, 4.69) is 5.32 Å². The molecule has 7 nitrogen and oxygen atoms in total. The number of amides is 4. The number of para-hydroxylation sites is 1. The summed E-state index contributed by atoms with van der Waals surface area (Å²) in [5.41, 5.74) is 1.88. The average Bonchev–Trinajstić information content (AvgIpc) is 2.82. The average molecular weight is 442 g/mol. The molecule has 0 unspecified atom stereocenters. The molecule has 0 aromatic heterocycles. The number of carbonyl (C=O) groups excluding carboxylic acids is 3. The molecule has 3 aromatic carbocycles. The van der Waals surface area contributed by atoms with Gasteiger partial charge in [0.15, 0.2) is 0 Å². The van der Waals surface area contributed by atoms with Crippen molar-refractivity contribution in [2.45, 2.75) is 6.92 Å². The van der Waals surface area contributed by atoms with E-state index in [0.717, 1.165) is 16.2 Å². The highest BCUT2D eigenvalue weighted by atomic mass is 16.5. The van der Waals surface area contributed by atoms with E-state index in [1.54, 1.807) is 48.5 Å². The lowest BCUT2D eigenvalue weighted by molar-refractivity contribution is -0.122. The van der Waals surface area contributed by atoms with Crippen LogP contribution in [0.15, 0.2) is 84.4 Å². The first kappa shape index (κ1) is 21.8. The number of rotatable bonds is 7. The number of ether oxygens (including phenoxy) is 2. The van der Waals surface area contributed by atoms with E-state index in [9.17, 15) is 14.4 Å². The number of nitrogens with one attached hydrogen (secondary N) is 1. The highest BCUT2D eigenvalue weighted by Gasteiger charge is 2.36. The molecule has 33 heavy (non-hydrogen) atoms. The van der Waals surface area contributed by atoms with Crippen LogP contribution in [0.1, 0.15) is 11.1 Å². The Morgan fingerprint density at radius 1 is 0.788 bits per heavy atom. The van der Waals surface area contributed by atoms with Gasteiger partial charge in [-0.3, -0.25) is 14.9 Å². The SMILES string of the molecule is Cc1ccc(N2C(=O)NC(=O)/C(=C\c3ccc(OCCOc4ccccc4)cc3)C2=O)cc1. The van der Waals surface area contributed by atoms with Crippen LogP contribution < -0.4 is 19.7 Å². The second-order valence-corrected chi connectivity index (χ2v) is 7.37. The molecule has 0 saturated carbocycles. The van der Waals surface area contributed by atoms with Gasteiger partial charge in [-0.2, -0.15) is 0 Å². The van der Waals surface area contributed by atoms with Gasteiger partial charge >= 0.3 is 6.03 Å². The van der Waals surface area contributed by atoms with Crippen molar-refractivity contribution in [1.82, 2.24) is 5.32 Å². The number of benzene rings is 3. The third-order valence-corrected chi connectivity index (χ3v) is 4.95. The topological polar surface area (TPSA) is 84.9 Å². The molecule has 1 fully saturated rings. The minimum atomic E-state index is -0.771. The van der Waals surface area contributed by atoms with Gasteiger partial charge < -0.3 is 9.47 Å². The van der Waals surface area contributed by atoms with Crippen LogP contribution in [-0.2, 0) is 9.59 Å². The van der Waals surface area contributed by atoms with Gasteiger partial charge in [0.2, 0.25) is 0 Å². The Balaban J connectivity index is 1.41. The molecular formula is C26H22N2O5. The molecule has 3 aromatic rings. The zero-order valence-electron chi connectivity index (χ0n) is 18.0. The Kier molecular flexibility index (Phi) is 6.50. The molecule has 0 aliphatic carbocycles. The van der Waals surface area contributed by atoms with Crippen molar-refractivity contribution in [2.24, 2.45) is 0 Å². The molecule has 166 valence electrons. The van der Waals surface area contributed by atoms with Crippen LogP contribution in [0.5, 0.6) is 11.5 Å². The molecule has 1 aliphatic heterocycles. The standard InChI is InChI=1S/C26H22N2O5/c1-18-7-11-20(12-8-18)28-25(30)23(24(29)27-26(28)31)17-19-9-13-22(14-10-19)33-16-15-32-21-5-3-2-4-6-21/h2-14,17H,15-16H2,1H3,(H,27,29,31)/b23-17+. The van der Waals surface area contributed by atoms with Gasteiger partial charge in [0.1, 0.15) is 30.3 Å². The molecular weight excluding hydrogens is 420 g/mol. The van der Waals surface area contributed by atoms with Gasteiger partial charge in [0, 0.05) is 0 Å². The van der Waals surface area contributed by atoms with Crippen LogP contribution in [0.2, 0.25) is 0 Å². The Bertz CT molecular complexity index is 1190. The van der Waals surface area contributed by atoms with E-state index in [0.29, 0.717) is 30.2 Å². The Morgan fingerprint density at radius 3 is 2.03 bits per heavy atom. The first-order valence-corrected chi connectivity index (χ1v) is 10.4. The summed E-state index contributed by atoms with van der Waals surface area (Å²) in [4.78, 5) is 38.5. The van der Waals surface area contributed by atoms with E-state index in [1.165, 1.54) is 6.08 Å². The molecule has 4 rings (SSSR count). The Labute approximate surface area is 191 Å². The fourth-order valence-corrected chi connectivity index (χ4v) is 3.25. The van der Waals surface area contributed by atoms with E-state index < -0.39 is 17.8 Å². The normalized spacial score (nSPS) is 14.9. The van der Waals surface area contributed by atoms with Crippen molar-refractivity contribution in [3.63, 3.8) is 0 Å². The largest absolute Gasteiger partial charge is 0.490 e. The molecule has 0 bridgehead atoms. The number of imide groups is 2. The summed E-state index contributed by atoms with van der Waals surface area (Å²) in [5, 5.41) is 2.22. The molecule has 4 amide bonds. The van der Waals surface area contributed by atoms with Gasteiger partial charge in [-0.1, -0.05) is 48.0 Å². The van der Waals surface area contributed by atoms with E-state index in [-0.39, 0.29) is 5.57 Å². The molecule has 0 atom stereocenters. The van der Waals surface area contributed by atoms with Crippen LogP contribution in [0.3, 0.4) is 0 Å². The highest BCUT2D eigenvalue weighted by Crippen LogP contribution is 2.23. The fourth-order valence-electron chi connectivity index (χ4n) is 3.25. The number of aryl methyl sites for hydroxylation is 1. The monoisotopic (exact) mass is 442 g/mol. The number of nitrogens with zero attached hydrogens (tertiary/aromatic N) is 1. The van der Waals surface area contributed by atoms with Gasteiger partial charge in [0.25, 0.3) is 11.8 Å². The zero-order chi connectivity index (χ0) is 23.2. The number of urea groups is 1.